The Bertz CT molecular complexity index is 4360. The van der Waals surface area contributed by atoms with Crippen LogP contribution in [0.15, 0.2) is 140 Å². The van der Waals surface area contributed by atoms with Crippen molar-refractivity contribution >= 4 is 63.2 Å². The number of nitrogens with one attached hydrogen (secondary N) is 1. The van der Waals surface area contributed by atoms with E-state index >= 15 is 0 Å². The zero-order valence-electron chi connectivity index (χ0n) is 51.4. The summed E-state index contributed by atoms with van der Waals surface area (Å²) < 4.78 is 173. The summed E-state index contributed by atoms with van der Waals surface area (Å²) in [5, 5.41) is 10.5. The third kappa shape index (κ3) is 15.5. The van der Waals surface area contributed by atoms with Crippen LogP contribution in [0.1, 0.15) is 132 Å². The molecule has 6 aromatic carbocycles. The number of rotatable bonds is 18. The average molecular weight is 1380 g/mol. The molecule has 4 unspecified atom stereocenters. The van der Waals surface area contributed by atoms with Crippen LogP contribution in [0.25, 0.3) is 44.1 Å². The minimum Gasteiger partial charge on any atom is -0.465 e. The van der Waals surface area contributed by atoms with Crippen molar-refractivity contribution in [2.24, 2.45) is 29.4 Å². The Labute approximate surface area is 547 Å². The second-order valence-corrected chi connectivity index (χ2v) is 29.1. The molecule has 6 fully saturated rings. The van der Waals surface area contributed by atoms with Gasteiger partial charge >= 0.3 is 24.7 Å². The summed E-state index contributed by atoms with van der Waals surface area (Å²) >= 11 is 0. The Morgan fingerprint density at radius 1 is 0.558 bits per heavy atom. The summed E-state index contributed by atoms with van der Waals surface area (Å²) in [5.74, 6) is 1.24. The predicted octanol–water partition coefficient (Wildman–Crippen LogP) is 14.8. The van der Waals surface area contributed by atoms with Gasteiger partial charge in [-0.2, -0.15) is 0 Å². The Hall–Kier alpha value is -7.59. The number of nitrogens with zero attached hydrogens (tertiary/aromatic N) is 2. The van der Waals surface area contributed by atoms with E-state index in [1.54, 1.807) is 72.8 Å². The number of carbonyl (C=O) groups excluding carboxylic acids is 2. The van der Waals surface area contributed by atoms with Crippen LogP contribution in [0, 0.1) is 23.7 Å². The molecule has 6 aliphatic rings. The van der Waals surface area contributed by atoms with E-state index in [1.165, 1.54) is 62.8 Å². The highest BCUT2D eigenvalue weighted by atomic mass is 35.7. The molecule has 2 heterocycles. The smallest absolute Gasteiger partial charge is 0.465 e. The summed E-state index contributed by atoms with van der Waals surface area (Å²) in [5.41, 5.74) is 9.40. The van der Waals surface area contributed by atoms with Gasteiger partial charge in [-0.15, -0.1) is 26.3 Å². The van der Waals surface area contributed by atoms with Gasteiger partial charge in [0.05, 0.1) is 60.6 Å². The van der Waals surface area contributed by atoms with Gasteiger partial charge in [-0.25, -0.2) is 31.1 Å². The molecule has 6 saturated carbocycles. The van der Waals surface area contributed by atoms with Gasteiger partial charge in [-0.3, -0.25) is 0 Å². The maximum Gasteiger partial charge on any atom is 0.573 e. The lowest BCUT2D eigenvalue weighted by molar-refractivity contribution is -0.275. The van der Waals surface area contributed by atoms with Gasteiger partial charge in [0.2, 0.25) is 10.0 Å². The third-order valence-corrected chi connectivity index (χ3v) is 21.6. The number of para-hydroxylation sites is 2. The molecule has 504 valence electrons. The van der Waals surface area contributed by atoms with E-state index in [2.05, 4.69) is 29.2 Å². The van der Waals surface area contributed by atoms with Crippen molar-refractivity contribution in [1.82, 2.24) is 15.0 Å². The van der Waals surface area contributed by atoms with Gasteiger partial charge in [0.25, 0.3) is 9.05 Å². The predicted molar refractivity (Wildman–Crippen MR) is 335 cm³/mol. The maximum atomic E-state index is 13.7. The number of nitrogens with two attached hydrogens (primary N) is 1. The molecule has 0 spiro atoms. The molecule has 0 aliphatic heterocycles. The van der Waals surface area contributed by atoms with E-state index < -0.39 is 43.7 Å². The van der Waals surface area contributed by atoms with E-state index in [4.69, 9.17) is 39.7 Å². The lowest BCUT2D eigenvalue weighted by atomic mass is 9.83. The summed E-state index contributed by atoms with van der Waals surface area (Å²) in [4.78, 5) is 23.5. The number of ether oxygens (including phenoxy) is 6. The molecule has 4 bridgehead atoms. The summed E-state index contributed by atoms with van der Waals surface area (Å²) in [6, 6.07) is 30.9. The first-order chi connectivity index (χ1) is 45.3. The molecule has 6 aliphatic carbocycles. The zero-order valence-corrected chi connectivity index (χ0v) is 53.8. The number of alkyl halides is 6. The van der Waals surface area contributed by atoms with Crippen molar-refractivity contribution in [2.75, 3.05) is 14.2 Å². The number of sulfonamides is 1. The number of hydrogen-bond acceptors (Lipinski definition) is 17. The molecule has 27 heteroatoms. The van der Waals surface area contributed by atoms with Crippen LogP contribution in [0.5, 0.6) is 11.5 Å². The second kappa shape index (κ2) is 27.5. The van der Waals surface area contributed by atoms with Crippen LogP contribution >= 0.6 is 10.7 Å². The SMILES string of the molecule is COC(=O)c1ccc2c(S(=O)(=O)Cl)cccc2c1.COC(=O)c1ccc2c(S(=O)(=O)NC3C4CCC3CC(OCc3c(-c5ccccc5OC(F)(F)F)noc3C3CC3)C4)cccc2c1.NC1C2CCC1CC(OCc1c(-c3ccccc3OC(F)(F)F)noc1C1CC1)C2. The fourth-order valence-corrected chi connectivity index (χ4v) is 16.7. The first-order valence-electron chi connectivity index (χ1n) is 31.2. The summed E-state index contributed by atoms with van der Waals surface area (Å²) in [6.07, 6.45) is 1.23. The largest absolute Gasteiger partial charge is 0.573 e. The monoisotopic (exact) mass is 1380 g/mol. The second-order valence-electron chi connectivity index (χ2n) is 24.9. The van der Waals surface area contributed by atoms with Gasteiger partial charge in [0, 0.05) is 67.6 Å². The molecule has 95 heavy (non-hydrogen) atoms. The number of fused-ring (bicyclic) bond motifs is 6. The maximum absolute atomic E-state index is 13.7. The molecular formula is C68H67ClF6N4O14S2. The van der Waals surface area contributed by atoms with E-state index in [9.17, 15) is 52.8 Å². The molecule has 8 aromatic rings. The van der Waals surface area contributed by atoms with Crippen LogP contribution in [-0.2, 0) is 51.2 Å². The van der Waals surface area contributed by atoms with E-state index in [0.717, 1.165) is 75.5 Å². The number of hydrogen-bond donors (Lipinski definition) is 2. The lowest BCUT2D eigenvalue weighted by Gasteiger charge is -2.35. The highest BCUT2D eigenvalue weighted by Gasteiger charge is 2.46. The molecular weight excluding hydrogens is 1310 g/mol. The normalized spacial score (nSPS) is 22.5. The van der Waals surface area contributed by atoms with Crippen LogP contribution in [0.2, 0.25) is 0 Å². The molecule has 14 rings (SSSR count). The highest BCUT2D eigenvalue weighted by Crippen LogP contribution is 2.50. The number of esters is 2. The first-order valence-corrected chi connectivity index (χ1v) is 35.0. The summed E-state index contributed by atoms with van der Waals surface area (Å²) in [7, 11) is 0.214. The fourth-order valence-electron chi connectivity index (χ4n) is 14.0. The van der Waals surface area contributed by atoms with Crippen molar-refractivity contribution in [3.8, 4) is 34.0 Å². The Balaban J connectivity index is 0.000000153. The number of carbonyl (C=O) groups is 2. The van der Waals surface area contributed by atoms with E-state index in [1.807, 2.05) is 0 Å². The van der Waals surface area contributed by atoms with Crippen molar-refractivity contribution in [2.45, 2.75) is 149 Å². The topological polar surface area (TPSA) is 248 Å². The number of halogens is 7. The van der Waals surface area contributed by atoms with Gasteiger partial charge in [-0.1, -0.05) is 71.0 Å². The Morgan fingerprint density at radius 3 is 1.39 bits per heavy atom. The van der Waals surface area contributed by atoms with E-state index in [-0.39, 0.29) is 99.3 Å². The molecule has 0 saturated heterocycles. The molecule has 0 radical (unpaired) electrons. The molecule has 4 atom stereocenters. The van der Waals surface area contributed by atoms with Crippen LogP contribution in [-0.4, -0.2) is 90.3 Å². The summed E-state index contributed by atoms with van der Waals surface area (Å²) in [6.45, 7) is 0.374. The number of methoxy groups -OCH3 is 2. The van der Waals surface area contributed by atoms with Crippen LogP contribution < -0.4 is 19.9 Å². The number of aromatic nitrogens is 2. The van der Waals surface area contributed by atoms with Gasteiger partial charge in [0.1, 0.15) is 34.4 Å². The van der Waals surface area contributed by atoms with Crippen molar-refractivity contribution in [3.05, 3.63) is 155 Å². The molecule has 3 N–H and O–H groups in total. The minimum atomic E-state index is -4.86. The fraction of sp³-hybridized carbons (Fsp3) is 0.412. The van der Waals surface area contributed by atoms with Gasteiger partial charge in [0.15, 0.2) is 0 Å². The van der Waals surface area contributed by atoms with Crippen molar-refractivity contribution in [1.29, 1.82) is 0 Å². The Morgan fingerprint density at radius 2 is 0.968 bits per heavy atom. The van der Waals surface area contributed by atoms with E-state index in [0.29, 0.717) is 74.4 Å². The molecule has 0 amide bonds. The average Bonchev–Trinajstić information content (AvgIpc) is 1.78. The minimum absolute atomic E-state index is 0.0260. The zero-order chi connectivity index (χ0) is 67.1. The quantitative estimate of drug-likeness (QED) is 0.0460. The van der Waals surface area contributed by atoms with Gasteiger partial charge < -0.3 is 43.2 Å². The van der Waals surface area contributed by atoms with Crippen molar-refractivity contribution in [3.63, 3.8) is 0 Å². The Kier molecular flexibility index (Phi) is 19.5. The highest BCUT2D eigenvalue weighted by molar-refractivity contribution is 8.14. The van der Waals surface area contributed by atoms with Crippen molar-refractivity contribution < 1.29 is 90.2 Å². The third-order valence-electron chi connectivity index (χ3n) is 18.7. The number of benzene rings is 6. The molecule has 2 aromatic heterocycles. The molecule has 18 nitrogen and oxygen atoms in total. The van der Waals surface area contributed by atoms with Crippen LogP contribution in [0.3, 0.4) is 0 Å². The standard InChI is InChI=1S/C34H33F3N2O7S.C22H25F3N2O3.C12H9ClO4S/c1-43-33(40)23-13-14-25-20(15-23)5-4-8-29(25)47(41,42)39-30-21-11-12-22(30)17-24(16-21)44-18-27-31(38-46-32(27)19-9-10-19)26-6-2-3-7-28(26)45-34(35,36)37;23-22(24,25)29-18-4-2-1-3-16(18)20-17(21(30-27-20)12-5-6-12)11-28-15-9-13-7-8-14(10-15)19(13)26;1-17-12(14)9-5-6-10-8(7-9)3-2-4-11(10)18(13,15)16/h2-8,13-15,19,21-22,24,30,39H,9-12,16-18H2,1H3;1-4,12-15,19H,5-11,26H2;2-7H,1H3. The van der Waals surface area contributed by atoms with Gasteiger partial charge in [-0.05, 0) is 172 Å². The van der Waals surface area contributed by atoms with Crippen LogP contribution in [0.4, 0.5) is 26.3 Å². The first kappa shape index (κ1) is 67.4. The lowest BCUT2D eigenvalue weighted by Crippen LogP contribution is -2.46.